The number of benzene rings is 1. The van der Waals surface area contributed by atoms with Gasteiger partial charge >= 0.3 is 0 Å². The molecular weight excluding hydrogens is 442 g/mol. The summed E-state index contributed by atoms with van der Waals surface area (Å²) < 4.78 is 7.00. The van der Waals surface area contributed by atoms with Crippen molar-refractivity contribution in [2.75, 3.05) is 25.9 Å². The number of aromatic nitrogens is 3. The Hall–Kier alpha value is -3.83. The summed E-state index contributed by atoms with van der Waals surface area (Å²) in [6, 6.07) is 5.03. The number of pyridine rings is 1. The summed E-state index contributed by atoms with van der Waals surface area (Å²) in [4.78, 5) is 30.4. The van der Waals surface area contributed by atoms with Crippen LogP contribution in [-0.4, -0.2) is 51.6 Å². The molecule has 1 aliphatic rings. The molecule has 1 aliphatic heterocycles. The fourth-order valence-corrected chi connectivity index (χ4v) is 4.18. The van der Waals surface area contributed by atoms with Crippen LogP contribution in [0.2, 0.25) is 5.02 Å². The van der Waals surface area contributed by atoms with Gasteiger partial charge in [0.2, 0.25) is 5.91 Å². The Kier molecular flexibility index (Phi) is 6.07. The Bertz CT molecular complexity index is 1350. The number of nitrogens with two attached hydrogens (primary N) is 1. The molecule has 1 unspecified atom stereocenters. The van der Waals surface area contributed by atoms with E-state index in [1.807, 2.05) is 0 Å². The Morgan fingerprint density at radius 1 is 1.33 bits per heavy atom. The molecule has 3 aromatic rings. The highest BCUT2D eigenvalue weighted by atomic mass is 35.5. The normalized spacial score (nSPS) is 15.2. The molecule has 1 saturated heterocycles. The lowest BCUT2D eigenvalue weighted by atomic mass is 10.1. The molecule has 9 heteroatoms. The standard InChI is InChI=1S/C24H22ClN5O3/c1-4-21(32)29-8-7-17(13-29)30-23-19(14(2)31)12-27-24(26)22(23)20(28-30)6-5-15-9-16(25)11-18(10-15)33-3/h4,9-12,17H,1,7-8,13H2,2-3H3,(H2,26,27). The molecule has 0 radical (unpaired) electrons. The third-order valence-electron chi connectivity index (χ3n) is 5.56. The lowest BCUT2D eigenvalue weighted by molar-refractivity contribution is -0.125. The number of amides is 1. The summed E-state index contributed by atoms with van der Waals surface area (Å²) in [5.74, 6) is 6.61. The van der Waals surface area contributed by atoms with Gasteiger partial charge in [-0.05, 0) is 43.5 Å². The van der Waals surface area contributed by atoms with E-state index < -0.39 is 0 Å². The molecule has 168 valence electrons. The number of fused-ring (bicyclic) bond motifs is 1. The van der Waals surface area contributed by atoms with Gasteiger partial charge in [0.15, 0.2) is 5.78 Å². The van der Waals surface area contributed by atoms with Gasteiger partial charge in [0.05, 0.1) is 29.6 Å². The average molecular weight is 464 g/mol. The number of carbonyl (C=O) groups is 2. The van der Waals surface area contributed by atoms with Gasteiger partial charge in [-0.2, -0.15) is 5.10 Å². The fraction of sp³-hybridized carbons (Fsp3) is 0.250. The fourth-order valence-electron chi connectivity index (χ4n) is 3.96. The summed E-state index contributed by atoms with van der Waals surface area (Å²) in [5, 5.41) is 5.72. The number of hydrogen-bond acceptors (Lipinski definition) is 6. The summed E-state index contributed by atoms with van der Waals surface area (Å²) in [7, 11) is 1.55. The van der Waals surface area contributed by atoms with Crippen molar-refractivity contribution in [2.45, 2.75) is 19.4 Å². The molecule has 8 nitrogen and oxygen atoms in total. The first-order chi connectivity index (χ1) is 15.8. The molecule has 2 N–H and O–H groups in total. The van der Waals surface area contributed by atoms with Crippen LogP contribution in [0.25, 0.3) is 10.9 Å². The van der Waals surface area contributed by atoms with Crippen LogP contribution in [0.3, 0.4) is 0 Å². The topological polar surface area (TPSA) is 103 Å². The Morgan fingerprint density at radius 3 is 2.82 bits per heavy atom. The Morgan fingerprint density at radius 2 is 2.12 bits per heavy atom. The zero-order valence-corrected chi connectivity index (χ0v) is 19.0. The zero-order valence-electron chi connectivity index (χ0n) is 18.3. The maximum absolute atomic E-state index is 12.4. The average Bonchev–Trinajstić information content (AvgIpc) is 3.42. The van der Waals surface area contributed by atoms with Crippen LogP contribution in [-0.2, 0) is 4.79 Å². The number of hydrogen-bond donors (Lipinski definition) is 1. The van der Waals surface area contributed by atoms with E-state index in [9.17, 15) is 9.59 Å². The number of nitrogens with zero attached hydrogens (tertiary/aromatic N) is 4. The lowest BCUT2D eigenvalue weighted by Gasteiger charge is -2.16. The van der Waals surface area contributed by atoms with Crippen LogP contribution < -0.4 is 10.5 Å². The highest BCUT2D eigenvalue weighted by Gasteiger charge is 2.30. The third kappa shape index (κ3) is 4.28. The van der Waals surface area contributed by atoms with E-state index in [1.165, 1.54) is 19.2 Å². The second kappa shape index (κ2) is 8.96. The summed E-state index contributed by atoms with van der Waals surface area (Å²) >= 11 is 6.15. The lowest BCUT2D eigenvalue weighted by Crippen LogP contribution is -2.27. The third-order valence-corrected chi connectivity index (χ3v) is 5.78. The minimum Gasteiger partial charge on any atom is -0.497 e. The first-order valence-electron chi connectivity index (χ1n) is 10.3. The first-order valence-corrected chi connectivity index (χ1v) is 10.7. The van der Waals surface area contributed by atoms with Gasteiger partial charge in [0.1, 0.15) is 17.3 Å². The number of anilines is 1. The first kappa shape index (κ1) is 22.4. The second-order valence-electron chi connectivity index (χ2n) is 7.69. The number of Topliss-reactive ketones (excluding diaryl/α,β-unsaturated/α-hetero) is 1. The number of ether oxygens (including phenoxy) is 1. The summed E-state index contributed by atoms with van der Waals surface area (Å²) in [5.41, 5.74) is 8.22. The van der Waals surface area contributed by atoms with E-state index in [1.54, 1.807) is 34.9 Å². The van der Waals surface area contributed by atoms with Crippen LogP contribution in [0.15, 0.2) is 37.1 Å². The van der Waals surface area contributed by atoms with Gasteiger partial charge in [-0.15, -0.1) is 0 Å². The Labute approximate surface area is 196 Å². The number of halogens is 1. The zero-order chi connectivity index (χ0) is 23.7. The van der Waals surface area contributed by atoms with E-state index in [4.69, 9.17) is 27.2 Å². The van der Waals surface area contributed by atoms with Crippen LogP contribution in [0.4, 0.5) is 5.82 Å². The van der Waals surface area contributed by atoms with Crippen molar-refractivity contribution in [3.8, 4) is 17.6 Å². The van der Waals surface area contributed by atoms with Gasteiger partial charge in [-0.25, -0.2) is 4.98 Å². The van der Waals surface area contributed by atoms with Crippen LogP contribution in [0, 0.1) is 11.8 Å². The minimum absolute atomic E-state index is 0.141. The van der Waals surface area contributed by atoms with Crippen molar-refractivity contribution in [1.29, 1.82) is 0 Å². The molecule has 4 rings (SSSR count). The Balaban J connectivity index is 1.86. The van der Waals surface area contributed by atoms with Gasteiger partial charge in [0, 0.05) is 29.9 Å². The van der Waals surface area contributed by atoms with Crippen LogP contribution in [0.1, 0.15) is 41.0 Å². The molecule has 0 spiro atoms. The van der Waals surface area contributed by atoms with Crippen molar-refractivity contribution in [3.63, 3.8) is 0 Å². The predicted molar refractivity (Wildman–Crippen MR) is 126 cm³/mol. The predicted octanol–water partition coefficient (Wildman–Crippen LogP) is 3.24. The maximum atomic E-state index is 12.4. The number of methoxy groups -OCH3 is 1. The minimum atomic E-state index is -0.162. The molecule has 0 aliphatic carbocycles. The maximum Gasteiger partial charge on any atom is 0.246 e. The molecule has 1 fully saturated rings. The molecule has 33 heavy (non-hydrogen) atoms. The smallest absolute Gasteiger partial charge is 0.246 e. The molecule has 0 saturated carbocycles. The molecule has 2 aromatic heterocycles. The second-order valence-corrected chi connectivity index (χ2v) is 8.13. The molecular formula is C24H22ClN5O3. The van der Waals surface area contributed by atoms with E-state index >= 15 is 0 Å². The van der Waals surface area contributed by atoms with E-state index in [0.717, 1.165) is 0 Å². The van der Waals surface area contributed by atoms with Gasteiger partial charge in [-0.3, -0.25) is 14.3 Å². The van der Waals surface area contributed by atoms with E-state index in [2.05, 4.69) is 23.4 Å². The van der Waals surface area contributed by atoms with Crippen molar-refractivity contribution in [2.24, 2.45) is 0 Å². The summed E-state index contributed by atoms with van der Waals surface area (Å²) in [6.07, 6.45) is 3.43. The largest absolute Gasteiger partial charge is 0.497 e. The van der Waals surface area contributed by atoms with E-state index in [-0.39, 0.29) is 23.6 Å². The molecule has 1 amide bonds. The van der Waals surface area contributed by atoms with E-state index in [0.29, 0.717) is 58.0 Å². The number of rotatable bonds is 4. The van der Waals surface area contributed by atoms with Crippen molar-refractivity contribution < 1.29 is 14.3 Å². The molecule has 3 heterocycles. The van der Waals surface area contributed by atoms with Crippen molar-refractivity contribution in [3.05, 3.63) is 58.9 Å². The number of nitrogen functional groups attached to an aromatic ring is 1. The van der Waals surface area contributed by atoms with Crippen molar-refractivity contribution >= 4 is 40.0 Å². The molecule has 0 bridgehead atoms. The van der Waals surface area contributed by atoms with Gasteiger partial charge in [0.25, 0.3) is 0 Å². The number of ketones is 1. The number of carbonyl (C=O) groups excluding carboxylic acids is 2. The van der Waals surface area contributed by atoms with Crippen LogP contribution in [0.5, 0.6) is 5.75 Å². The van der Waals surface area contributed by atoms with Gasteiger partial charge < -0.3 is 15.4 Å². The molecule has 1 atom stereocenters. The highest BCUT2D eigenvalue weighted by molar-refractivity contribution is 6.30. The highest BCUT2D eigenvalue weighted by Crippen LogP contribution is 2.32. The van der Waals surface area contributed by atoms with Crippen LogP contribution >= 0.6 is 11.6 Å². The van der Waals surface area contributed by atoms with Gasteiger partial charge in [-0.1, -0.05) is 24.1 Å². The quantitative estimate of drug-likeness (QED) is 0.362. The SMILES string of the molecule is C=CC(=O)N1CCC(n2nc(C#Cc3cc(Cl)cc(OC)c3)c3c(N)ncc(C(C)=O)c32)C1. The monoisotopic (exact) mass is 463 g/mol. The summed E-state index contributed by atoms with van der Waals surface area (Å²) in [6.45, 7) is 6.04. The molecule has 1 aromatic carbocycles. The number of likely N-dealkylation sites (tertiary alicyclic amines) is 1. The van der Waals surface area contributed by atoms with Crippen molar-refractivity contribution in [1.82, 2.24) is 19.7 Å².